The number of nitrogen functional groups attached to an aromatic ring is 1. The van der Waals surface area contributed by atoms with Crippen LogP contribution in [0.4, 0.5) is 30.8 Å². The molecule has 1 aromatic carbocycles. The second-order valence-electron chi connectivity index (χ2n) is 9.45. The maximum atomic E-state index is 15.3. The van der Waals surface area contributed by atoms with E-state index in [0.29, 0.717) is 41.1 Å². The van der Waals surface area contributed by atoms with Gasteiger partial charge in [0.05, 0.1) is 24.7 Å². The van der Waals surface area contributed by atoms with Crippen molar-refractivity contribution in [3.05, 3.63) is 35.9 Å². The van der Waals surface area contributed by atoms with Gasteiger partial charge in [-0.1, -0.05) is 0 Å². The highest BCUT2D eigenvalue weighted by Gasteiger charge is 2.48. The number of hydrogen-bond acceptors (Lipinski definition) is 8. The van der Waals surface area contributed by atoms with Gasteiger partial charge in [0.2, 0.25) is 11.8 Å². The number of nitrogens with zero attached hydrogens (tertiary/aromatic N) is 3. The summed E-state index contributed by atoms with van der Waals surface area (Å²) in [5.74, 6) is -0.726. The van der Waals surface area contributed by atoms with Gasteiger partial charge in [0.25, 0.3) is 0 Å². The molecule has 12 heteroatoms. The second-order valence-corrected chi connectivity index (χ2v) is 9.45. The number of carbonyl (C=O) groups excluding carboxylic acids is 2. The first-order valence-electron chi connectivity index (χ1n) is 11.9. The van der Waals surface area contributed by atoms with Crippen LogP contribution >= 0.6 is 0 Å². The highest BCUT2D eigenvalue weighted by Crippen LogP contribution is 2.40. The Hall–Kier alpha value is -4.22. The van der Waals surface area contributed by atoms with Crippen LogP contribution in [0, 0.1) is 18.7 Å². The zero-order chi connectivity index (χ0) is 25.8. The number of carbonyl (C=O) groups is 2. The molecule has 4 N–H and O–H groups in total. The Kier molecular flexibility index (Phi) is 5.46. The molecular formula is C25H24F2N6O4. The van der Waals surface area contributed by atoms with Crippen molar-refractivity contribution in [3.63, 3.8) is 0 Å². The van der Waals surface area contributed by atoms with Gasteiger partial charge in [0.1, 0.15) is 30.4 Å². The number of nitrogens with two attached hydrogens (primary N) is 1. The summed E-state index contributed by atoms with van der Waals surface area (Å²) in [5.41, 5.74) is 8.35. The number of fused-ring (bicyclic) bond motifs is 2. The Morgan fingerprint density at radius 1 is 1.24 bits per heavy atom. The van der Waals surface area contributed by atoms with E-state index in [1.54, 1.807) is 18.3 Å². The first kappa shape index (κ1) is 23.2. The molecule has 0 spiro atoms. The number of ether oxygens (including phenoxy) is 2. The van der Waals surface area contributed by atoms with E-state index >= 15 is 4.39 Å². The van der Waals surface area contributed by atoms with Crippen molar-refractivity contribution in [2.24, 2.45) is 5.92 Å². The monoisotopic (exact) mass is 510 g/mol. The number of pyridine rings is 2. The van der Waals surface area contributed by atoms with Crippen LogP contribution < -0.4 is 21.1 Å². The van der Waals surface area contributed by atoms with Gasteiger partial charge in [0, 0.05) is 35.5 Å². The SMILES string of the molecule is Cc1c(-c2cc3cc(NC(=O)OC4CN(C(=O)[C@H]5C[C@H]5F)C4)ncc3c(N)c2F)cnc2c1NCCO2. The lowest BCUT2D eigenvalue weighted by molar-refractivity contribution is -0.143. The predicted octanol–water partition coefficient (Wildman–Crippen LogP) is 3.25. The number of halogens is 2. The van der Waals surface area contributed by atoms with E-state index in [9.17, 15) is 14.0 Å². The Morgan fingerprint density at radius 2 is 2.03 bits per heavy atom. The van der Waals surface area contributed by atoms with E-state index in [0.717, 1.165) is 5.56 Å². The number of aromatic nitrogens is 2. The van der Waals surface area contributed by atoms with E-state index in [2.05, 4.69) is 20.6 Å². The summed E-state index contributed by atoms with van der Waals surface area (Å²) in [6.07, 6.45) is 0.915. The zero-order valence-corrected chi connectivity index (χ0v) is 19.9. The molecular weight excluding hydrogens is 486 g/mol. The first-order valence-corrected chi connectivity index (χ1v) is 11.9. The molecule has 192 valence electrons. The first-order chi connectivity index (χ1) is 17.8. The molecule has 3 aromatic rings. The molecule has 0 unspecified atom stereocenters. The van der Waals surface area contributed by atoms with Crippen molar-refractivity contribution in [3.8, 4) is 17.0 Å². The maximum Gasteiger partial charge on any atom is 0.413 e. The fraction of sp³-hybridized carbons (Fsp3) is 0.360. The molecule has 2 amide bonds. The quantitative estimate of drug-likeness (QED) is 0.456. The van der Waals surface area contributed by atoms with Crippen LogP contribution in [0.25, 0.3) is 21.9 Å². The molecule has 4 heterocycles. The molecule has 3 aliphatic rings. The standard InChI is InChI=1S/C25H24F2N6O4/c1-11-16(7-31-23-22(11)29-2-3-36-23)14-4-12-5-19(30-8-17(12)21(28)20(14)27)32-25(35)37-13-9-33(10-13)24(34)15-6-18(15)26/h4-5,7-8,13,15,18,29H,2-3,6,9-10,28H2,1H3,(H,30,32,35)/t15-,18+/m0/s1. The van der Waals surface area contributed by atoms with Crippen LogP contribution in [0.3, 0.4) is 0 Å². The summed E-state index contributed by atoms with van der Waals surface area (Å²) in [6, 6.07) is 3.20. The third-order valence-corrected chi connectivity index (χ3v) is 6.93. The van der Waals surface area contributed by atoms with E-state index < -0.39 is 30.1 Å². The smallest absolute Gasteiger partial charge is 0.413 e. The number of anilines is 3. The van der Waals surface area contributed by atoms with Gasteiger partial charge < -0.3 is 25.4 Å². The van der Waals surface area contributed by atoms with E-state index in [-0.39, 0.29) is 42.5 Å². The Labute approximate surface area is 210 Å². The van der Waals surface area contributed by atoms with Crippen molar-refractivity contribution in [2.75, 3.05) is 42.6 Å². The van der Waals surface area contributed by atoms with E-state index in [4.69, 9.17) is 15.2 Å². The van der Waals surface area contributed by atoms with Crippen LogP contribution in [0.1, 0.15) is 12.0 Å². The van der Waals surface area contributed by atoms with Gasteiger partial charge in [0.15, 0.2) is 5.82 Å². The Bertz CT molecular complexity index is 1440. The number of benzene rings is 1. The summed E-state index contributed by atoms with van der Waals surface area (Å²) >= 11 is 0. The number of rotatable bonds is 4. The van der Waals surface area contributed by atoms with Gasteiger partial charge in [-0.3, -0.25) is 10.1 Å². The summed E-state index contributed by atoms with van der Waals surface area (Å²) in [5, 5.41) is 6.75. The molecule has 2 atom stereocenters. The number of nitrogens with one attached hydrogen (secondary N) is 2. The van der Waals surface area contributed by atoms with Crippen LogP contribution in [-0.4, -0.2) is 65.4 Å². The summed E-state index contributed by atoms with van der Waals surface area (Å²) in [7, 11) is 0. The third kappa shape index (κ3) is 4.11. The lowest BCUT2D eigenvalue weighted by atomic mass is 9.97. The number of likely N-dealkylation sites (tertiary alicyclic amines) is 1. The number of alkyl halides is 1. The lowest BCUT2D eigenvalue weighted by Crippen LogP contribution is -2.56. The zero-order valence-electron chi connectivity index (χ0n) is 19.9. The van der Waals surface area contributed by atoms with Crippen LogP contribution in [0.15, 0.2) is 24.5 Å². The molecule has 2 fully saturated rings. The Balaban J connectivity index is 1.20. The van der Waals surface area contributed by atoms with Gasteiger partial charge in [-0.2, -0.15) is 0 Å². The van der Waals surface area contributed by atoms with Gasteiger partial charge in [-0.15, -0.1) is 0 Å². The molecule has 2 aromatic heterocycles. The molecule has 10 nitrogen and oxygen atoms in total. The van der Waals surface area contributed by atoms with Crippen LogP contribution in [0.5, 0.6) is 5.88 Å². The summed E-state index contributed by atoms with van der Waals surface area (Å²) < 4.78 is 39.3. The molecule has 1 saturated carbocycles. The largest absolute Gasteiger partial charge is 0.474 e. The van der Waals surface area contributed by atoms with Crippen molar-refractivity contribution in [2.45, 2.75) is 25.6 Å². The van der Waals surface area contributed by atoms with Crippen molar-refractivity contribution in [1.29, 1.82) is 0 Å². The molecule has 0 bridgehead atoms. The van der Waals surface area contributed by atoms with E-state index in [1.807, 2.05) is 6.92 Å². The van der Waals surface area contributed by atoms with Crippen LogP contribution in [0.2, 0.25) is 0 Å². The summed E-state index contributed by atoms with van der Waals surface area (Å²) in [6.45, 7) is 3.43. The molecule has 0 radical (unpaired) electrons. The predicted molar refractivity (Wildman–Crippen MR) is 132 cm³/mol. The van der Waals surface area contributed by atoms with Crippen LogP contribution in [-0.2, 0) is 9.53 Å². The second kappa shape index (κ2) is 8.71. The van der Waals surface area contributed by atoms with Crippen molar-refractivity contribution < 1.29 is 27.8 Å². The van der Waals surface area contributed by atoms with Crippen molar-refractivity contribution in [1.82, 2.24) is 14.9 Å². The number of hydrogen-bond donors (Lipinski definition) is 3. The van der Waals surface area contributed by atoms with E-state index in [1.165, 1.54) is 11.1 Å². The molecule has 1 aliphatic carbocycles. The highest BCUT2D eigenvalue weighted by molar-refractivity contribution is 5.99. The molecule has 37 heavy (non-hydrogen) atoms. The molecule has 6 rings (SSSR count). The third-order valence-electron chi connectivity index (χ3n) is 6.93. The molecule has 2 aliphatic heterocycles. The maximum absolute atomic E-state index is 15.3. The Morgan fingerprint density at radius 3 is 2.78 bits per heavy atom. The molecule has 1 saturated heterocycles. The van der Waals surface area contributed by atoms with Gasteiger partial charge >= 0.3 is 6.09 Å². The van der Waals surface area contributed by atoms with Crippen molar-refractivity contribution >= 4 is 40.0 Å². The number of amides is 2. The van der Waals surface area contributed by atoms with Gasteiger partial charge in [-0.25, -0.2) is 23.5 Å². The average molecular weight is 511 g/mol. The average Bonchev–Trinajstić information content (AvgIpc) is 3.60. The minimum Gasteiger partial charge on any atom is -0.474 e. The van der Waals surface area contributed by atoms with Gasteiger partial charge in [-0.05, 0) is 36.4 Å². The fourth-order valence-electron chi connectivity index (χ4n) is 4.69. The summed E-state index contributed by atoms with van der Waals surface area (Å²) in [4.78, 5) is 34.3. The lowest BCUT2D eigenvalue weighted by Gasteiger charge is -2.38. The topological polar surface area (TPSA) is 132 Å². The normalized spacial score (nSPS) is 20.4. The highest BCUT2D eigenvalue weighted by atomic mass is 19.1. The fourth-order valence-corrected chi connectivity index (χ4v) is 4.69. The minimum absolute atomic E-state index is 0.0686. The minimum atomic E-state index is -1.06.